The number of hydrogen-bond donors (Lipinski definition) is 1. The maximum Gasteiger partial charge on any atom is 0.236 e. The van der Waals surface area contributed by atoms with Gasteiger partial charge in [-0.25, -0.2) is 0 Å². The van der Waals surface area contributed by atoms with Crippen molar-refractivity contribution >= 4 is 5.91 Å². The molecule has 3 rings (SSSR count). The van der Waals surface area contributed by atoms with Gasteiger partial charge in [0.1, 0.15) is 0 Å². The molecule has 0 aromatic carbocycles. The Kier molecular flexibility index (Phi) is 3.10. The molecule has 2 heterocycles. The first-order chi connectivity index (χ1) is 8.57. The van der Waals surface area contributed by atoms with Gasteiger partial charge in [-0.1, -0.05) is 6.92 Å². The van der Waals surface area contributed by atoms with Crippen LogP contribution in [0.4, 0.5) is 0 Å². The summed E-state index contributed by atoms with van der Waals surface area (Å²) in [6.07, 6.45) is 4.61. The third-order valence-electron chi connectivity index (χ3n) is 4.83. The number of carbonyl (C=O) groups excluding carboxylic acids is 1. The lowest BCUT2D eigenvalue weighted by Crippen LogP contribution is -2.64. The van der Waals surface area contributed by atoms with Crippen LogP contribution >= 0.6 is 0 Å². The fraction of sp³-hybridized carbons (Fsp3) is 0.929. The molecule has 2 aliphatic heterocycles. The summed E-state index contributed by atoms with van der Waals surface area (Å²) in [5, 5.41) is 10.2. The van der Waals surface area contributed by atoms with Gasteiger partial charge >= 0.3 is 0 Å². The summed E-state index contributed by atoms with van der Waals surface area (Å²) in [7, 11) is 0. The summed E-state index contributed by atoms with van der Waals surface area (Å²) < 4.78 is 0. The van der Waals surface area contributed by atoms with Crippen LogP contribution in [0.25, 0.3) is 0 Å². The van der Waals surface area contributed by atoms with Crippen molar-refractivity contribution in [3.8, 4) is 0 Å². The maximum atomic E-state index is 12.1. The number of β-amino-alcohol motifs (C(OH)–C–C–N with tert-alkyl or cyclic N) is 1. The highest BCUT2D eigenvalue weighted by Crippen LogP contribution is 2.44. The van der Waals surface area contributed by atoms with E-state index in [9.17, 15) is 9.90 Å². The number of hydrogen-bond acceptors (Lipinski definition) is 3. The Bertz CT molecular complexity index is 327. The van der Waals surface area contributed by atoms with E-state index in [2.05, 4.69) is 11.8 Å². The lowest BCUT2D eigenvalue weighted by atomic mass is 9.89. The summed E-state index contributed by atoms with van der Waals surface area (Å²) in [4.78, 5) is 16.2. The molecule has 18 heavy (non-hydrogen) atoms. The number of likely N-dealkylation sites (tertiary alicyclic amines) is 2. The van der Waals surface area contributed by atoms with E-state index in [-0.39, 0.29) is 5.91 Å². The minimum absolute atomic E-state index is 0.250. The van der Waals surface area contributed by atoms with Gasteiger partial charge in [0.25, 0.3) is 0 Å². The zero-order valence-electron chi connectivity index (χ0n) is 11.3. The van der Waals surface area contributed by atoms with Crippen molar-refractivity contribution in [2.45, 2.75) is 38.2 Å². The number of rotatable bonds is 3. The molecule has 102 valence electrons. The molecule has 0 aromatic heterocycles. The highest BCUT2D eigenvalue weighted by molar-refractivity contribution is 5.78. The van der Waals surface area contributed by atoms with Crippen LogP contribution in [0.2, 0.25) is 0 Å². The van der Waals surface area contributed by atoms with Crippen molar-refractivity contribution in [3.05, 3.63) is 0 Å². The average molecular weight is 252 g/mol. The monoisotopic (exact) mass is 252 g/mol. The summed E-state index contributed by atoms with van der Waals surface area (Å²) in [6.45, 7) is 6.00. The van der Waals surface area contributed by atoms with E-state index in [0.29, 0.717) is 25.6 Å². The molecule has 0 radical (unpaired) electrons. The lowest BCUT2D eigenvalue weighted by molar-refractivity contribution is -0.145. The summed E-state index contributed by atoms with van der Waals surface area (Å²) >= 11 is 0. The molecule has 3 aliphatic rings. The second-order valence-corrected chi connectivity index (χ2v) is 6.59. The molecule has 4 heteroatoms. The molecular weight excluding hydrogens is 228 g/mol. The van der Waals surface area contributed by atoms with Gasteiger partial charge in [-0.3, -0.25) is 9.69 Å². The Morgan fingerprint density at radius 3 is 2.39 bits per heavy atom. The van der Waals surface area contributed by atoms with Crippen LogP contribution in [0.15, 0.2) is 0 Å². The van der Waals surface area contributed by atoms with Crippen molar-refractivity contribution in [2.75, 3.05) is 32.7 Å². The SMILES string of the molecule is CC1CCN(C(=O)CN2CC(O)(C3CC3)C2)CC1. The average Bonchev–Trinajstić information content (AvgIpc) is 3.11. The highest BCUT2D eigenvalue weighted by atomic mass is 16.3. The third-order valence-corrected chi connectivity index (χ3v) is 4.83. The van der Waals surface area contributed by atoms with Gasteiger partial charge in [0.2, 0.25) is 5.91 Å². The van der Waals surface area contributed by atoms with Gasteiger partial charge in [0.05, 0.1) is 12.1 Å². The Morgan fingerprint density at radius 1 is 1.22 bits per heavy atom. The fourth-order valence-corrected chi connectivity index (χ4v) is 3.27. The van der Waals surface area contributed by atoms with Gasteiger partial charge in [-0.05, 0) is 37.5 Å². The van der Waals surface area contributed by atoms with Crippen molar-refractivity contribution in [3.63, 3.8) is 0 Å². The molecule has 3 fully saturated rings. The minimum atomic E-state index is -0.462. The first-order valence-corrected chi connectivity index (χ1v) is 7.29. The van der Waals surface area contributed by atoms with Crippen molar-refractivity contribution in [1.29, 1.82) is 0 Å². The molecule has 0 bridgehead atoms. The molecular formula is C14H24N2O2. The van der Waals surface area contributed by atoms with Gasteiger partial charge < -0.3 is 10.0 Å². The molecule has 1 N–H and O–H groups in total. The molecule has 0 atom stereocenters. The smallest absolute Gasteiger partial charge is 0.236 e. The van der Waals surface area contributed by atoms with E-state index in [4.69, 9.17) is 0 Å². The molecule has 0 unspecified atom stereocenters. The number of nitrogens with zero attached hydrogens (tertiary/aromatic N) is 2. The van der Waals surface area contributed by atoms with Gasteiger partial charge in [-0.2, -0.15) is 0 Å². The quantitative estimate of drug-likeness (QED) is 0.804. The second kappa shape index (κ2) is 4.49. The predicted octanol–water partition coefficient (Wildman–Crippen LogP) is 0.702. The fourth-order valence-electron chi connectivity index (χ4n) is 3.27. The Labute approximate surface area is 109 Å². The Hall–Kier alpha value is -0.610. The molecule has 0 aromatic rings. The van der Waals surface area contributed by atoms with Crippen LogP contribution < -0.4 is 0 Å². The van der Waals surface area contributed by atoms with E-state index in [1.807, 2.05) is 4.90 Å². The lowest BCUT2D eigenvalue weighted by Gasteiger charge is -2.47. The van der Waals surface area contributed by atoms with Gasteiger partial charge in [0, 0.05) is 26.2 Å². The maximum absolute atomic E-state index is 12.1. The Morgan fingerprint density at radius 2 is 1.83 bits per heavy atom. The standard InChI is InChI=1S/C14H24N2O2/c1-11-4-6-16(7-5-11)13(17)8-15-9-14(18,10-15)12-2-3-12/h11-12,18H,2-10H2,1H3. The number of amides is 1. The van der Waals surface area contributed by atoms with E-state index in [0.717, 1.165) is 31.8 Å². The predicted molar refractivity (Wildman–Crippen MR) is 69.1 cm³/mol. The number of piperidine rings is 1. The zero-order chi connectivity index (χ0) is 12.8. The molecule has 2 saturated heterocycles. The van der Waals surface area contributed by atoms with E-state index in [1.54, 1.807) is 0 Å². The molecule has 1 amide bonds. The van der Waals surface area contributed by atoms with Crippen LogP contribution in [0.3, 0.4) is 0 Å². The summed E-state index contributed by atoms with van der Waals surface area (Å²) in [5.41, 5.74) is -0.462. The number of aliphatic hydroxyl groups is 1. The van der Waals surface area contributed by atoms with Crippen molar-refractivity contribution in [1.82, 2.24) is 9.80 Å². The summed E-state index contributed by atoms with van der Waals surface area (Å²) in [6, 6.07) is 0. The minimum Gasteiger partial charge on any atom is -0.387 e. The Balaban J connectivity index is 1.42. The highest BCUT2D eigenvalue weighted by Gasteiger charge is 2.52. The van der Waals surface area contributed by atoms with Crippen molar-refractivity contribution < 1.29 is 9.90 Å². The van der Waals surface area contributed by atoms with Gasteiger partial charge in [-0.15, -0.1) is 0 Å². The zero-order valence-corrected chi connectivity index (χ0v) is 11.3. The van der Waals surface area contributed by atoms with E-state index in [1.165, 1.54) is 12.8 Å². The third kappa shape index (κ3) is 2.41. The topological polar surface area (TPSA) is 43.8 Å². The first kappa shape index (κ1) is 12.4. The first-order valence-electron chi connectivity index (χ1n) is 7.29. The van der Waals surface area contributed by atoms with E-state index < -0.39 is 5.60 Å². The van der Waals surface area contributed by atoms with Crippen LogP contribution in [0.1, 0.15) is 32.6 Å². The van der Waals surface area contributed by atoms with Crippen LogP contribution in [0, 0.1) is 11.8 Å². The van der Waals surface area contributed by atoms with Gasteiger partial charge in [0.15, 0.2) is 0 Å². The van der Waals surface area contributed by atoms with Crippen LogP contribution in [-0.4, -0.2) is 59.1 Å². The van der Waals surface area contributed by atoms with E-state index >= 15 is 0 Å². The van der Waals surface area contributed by atoms with Crippen LogP contribution in [-0.2, 0) is 4.79 Å². The number of carbonyl (C=O) groups is 1. The second-order valence-electron chi connectivity index (χ2n) is 6.59. The summed E-state index contributed by atoms with van der Waals surface area (Å²) in [5.74, 6) is 1.53. The molecule has 4 nitrogen and oxygen atoms in total. The molecule has 1 saturated carbocycles. The normalized spacial score (nSPS) is 29.1. The molecule has 1 aliphatic carbocycles. The largest absolute Gasteiger partial charge is 0.387 e. The van der Waals surface area contributed by atoms with Crippen molar-refractivity contribution in [2.24, 2.45) is 11.8 Å². The van der Waals surface area contributed by atoms with Crippen LogP contribution in [0.5, 0.6) is 0 Å². The molecule has 0 spiro atoms.